The van der Waals surface area contributed by atoms with Crippen molar-refractivity contribution in [1.29, 1.82) is 0 Å². The van der Waals surface area contributed by atoms with Gasteiger partial charge in [-0.25, -0.2) is 0 Å². The van der Waals surface area contributed by atoms with Crippen LogP contribution in [-0.2, 0) is 0 Å². The topological polar surface area (TPSA) is 61.4 Å². The lowest BCUT2D eigenvalue weighted by Gasteiger charge is -2.46. The van der Waals surface area contributed by atoms with Crippen LogP contribution in [0.4, 0.5) is 0 Å². The fourth-order valence-electron chi connectivity index (χ4n) is 3.38. The molecule has 0 aliphatic carbocycles. The molecule has 5 heteroatoms. The van der Waals surface area contributed by atoms with Crippen molar-refractivity contribution in [2.75, 3.05) is 0 Å². The largest absolute Gasteiger partial charge is 0.507 e. The number of phenols is 1. The van der Waals surface area contributed by atoms with E-state index in [0.717, 1.165) is 12.8 Å². The highest BCUT2D eigenvalue weighted by Crippen LogP contribution is 2.29. The molecular formula is C16H23ClN2O2. The van der Waals surface area contributed by atoms with E-state index in [0.29, 0.717) is 5.02 Å². The molecule has 0 unspecified atom stereocenters. The molecule has 2 rings (SSSR count). The molecule has 0 atom stereocenters. The van der Waals surface area contributed by atoms with Crippen LogP contribution in [0.15, 0.2) is 18.2 Å². The Kier molecular flexibility index (Phi) is 4.22. The minimum absolute atomic E-state index is 0.0456. The number of carbonyl (C=O) groups is 1. The SMILES string of the molecule is CC1(C)CC(NC(=O)c2cc(Cl)ccc2O)CC(C)(C)N1. The molecule has 21 heavy (non-hydrogen) atoms. The average molecular weight is 311 g/mol. The summed E-state index contributed by atoms with van der Waals surface area (Å²) >= 11 is 5.89. The molecule has 0 aromatic heterocycles. The molecular weight excluding hydrogens is 288 g/mol. The van der Waals surface area contributed by atoms with Crippen LogP contribution in [0.25, 0.3) is 0 Å². The first-order valence-corrected chi connectivity index (χ1v) is 7.54. The van der Waals surface area contributed by atoms with Gasteiger partial charge < -0.3 is 15.7 Å². The number of hydrogen-bond acceptors (Lipinski definition) is 3. The second-order valence-electron chi connectivity index (χ2n) is 7.13. The van der Waals surface area contributed by atoms with Crippen LogP contribution < -0.4 is 10.6 Å². The number of halogens is 1. The van der Waals surface area contributed by atoms with Crippen LogP contribution in [0.3, 0.4) is 0 Å². The maximum atomic E-state index is 12.4. The molecule has 0 radical (unpaired) electrons. The Morgan fingerprint density at radius 1 is 1.29 bits per heavy atom. The fraction of sp³-hybridized carbons (Fsp3) is 0.562. The maximum Gasteiger partial charge on any atom is 0.255 e. The summed E-state index contributed by atoms with van der Waals surface area (Å²) in [7, 11) is 0. The molecule has 1 aromatic carbocycles. The normalized spacial score (nSPS) is 21.0. The van der Waals surface area contributed by atoms with E-state index in [1.54, 1.807) is 6.07 Å². The van der Waals surface area contributed by atoms with Crippen molar-refractivity contribution in [3.8, 4) is 5.75 Å². The number of hydrogen-bond donors (Lipinski definition) is 3. The lowest BCUT2D eigenvalue weighted by molar-refractivity contribution is 0.0870. The Morgan fingerprint density at radius 2 is 1.86 bits per heavy atom. The van der Waals surface area contributed by atoms with E-state index in [1.807, 2.05) is 0 Å². The molecule has 1 saturated heterocycles. The molecule has 0 saturated carbocycles. The zero-order valence-electron chi connectivity index (χ0n) is 13.0. The van der Waals surface area contributed by atoms with Crippen molar-refractivity contribution < 1.29 is 9.90 Å². The molecule has 0 spiro atoms. The molecule has 3 N–H and O–H groups in total. The van der Waals surface area contributed by atoms with Gasteiger partial charge in [-0.3, -0.25) is 4.79 Å². The van der Waals surface area contributed by atoms with Gasteiger partial charge in [-0.2, -0.15) is 0 Å². The first-order valence-electron chi connectivity index (χ1n) is 7.17. The lowest BCUT2D eigenvalue weighted by atomic mass is 9.79. The van der Waals surface area contributed by atoms with Crippen LogP contribution in [-0.4, -0.2) is 28.1 Å². The van der Waals surface area contributed by atoms with Crippen molar-refractivity contribution in [1.82, 2.24) is 10.6 Å². The zero-order valence-corrected chi connectivity index (χ0v) is 13.7. The quantitative estimate of drug-likeness (QED) is 0.786. The van der Waals surface area contributed by atoms with Crippen LogP contribution in [0.5, 0.6) is 5.75 Å². The monoisotopic (exact) mass is 310 g/mol. The van der Waals surface area contributed by atoms with Gasteiger partial charge in [-0.1, -0.05) is 11.6 Å². The van der Waals surface area contributed by atoms with E-state index < -0.39 is 0 Å². The molecule has 1 aliphatic rings. The average Bonchev–Trinajstić information content (AvgIpc) is 2.27. The maximum absolute atomic E-state index is 12.4. The van der Waals surface area contributed by atoms with E-state index in [-0.39, 0.29) is 34.3 Å². The van der Waals surface area contributed by atoms with E-state index in [2.05, 4.69) is 38.3 Å². The number of phenolic OH excluding ortho intramolecular Hbond substituents is 1. The molecule has 1 amide bonds. The van der Waals surface area contributed by atoms with Gasteiger partial charge in [0.1, 0.15) is 5.75 Å². The smallest absolute Gasteiger partial charge is 0.255 e. The first-order chi connectivity index (χ1) is 9.58. The van der Waals surface area contributed by atoms with E-state index >= 15 is 0 Å². The first kappa shape index (κ1) is 16.1. The van der Waals surface area contributed by atoms with Gasteiger partial charge in [0.2, 0.25) is 0 Å². The summed E-state index contributed by atoms with van der Waals surface area (Å²) in [5.41, 5.74) is 0.128. The molecule has 1 heterocycles. The van der Waals surface area contributed by atoms with Gasteiger partial charge in [-0.05, 0) is 58.7 Å². The number of piperidine rings is 1. The number of nitrogens with one attached hydrogen (secondary N) is 2. The number of rotatable bonds is 2. The number of carbonyl (C=O) groups excluding carboxylic acids is 1. The lowest BCUT2D eigenvalue weighted by Crippen LogP contribution is -2.62. The third kappa shape index (κ3) is 4.11. The molecule has 4 nitrogen and oxygen atoms in total. The van der Waals surface area contributed by atoms with E-state index in [4.69, 9.17) is 11.6 Å². The summed E-state index contributed by atoms with van der Waals surface area (Å²) in [5, 5.41) is 16.8. The van der Waals surface area contributed by atoms with Gasteiger partial charge in [-0.15, -0.1) is 0 Å². The third-order valence-electron chi connectivity index (χ3n) is 3.73. The molecule has 1 fully saturated rings. The highest BCUT2D eigenvalue weighted by molar-refractivity contribution is 6.31. The predicted molar refractivity (Wildman–Crippen MR) is 84.9 cm³/mol. The van der Waals surface area contributed by atoms with E-state index in [1.165, 1.54) is 12.1 Å². The standard InChI is InChI=1S/C16H23ClN2O2/c1-15(2)8-11(9-16(3,4)19-15)18-14(21)12-7-10(17)5-6-13(12)20/h5-7,11,19-20H,8-9H2,1-4H3,(H,18,21). The van der Waals surface area contributed by atoms with E-state index in [9.17, 15) is 9.90 Å². The van der Waals surface area contributed by atoms with Gasteiger partial charge in [0.25, 0.3) is 5.91 Å². The van der Waals surface area contributed by atoms with Gasteiger partial charge >= 0.3 is 0 Å². The zero-order chi connectivity index (χ0) is 15.8. The highest BCUT2D eigenvalue weighted by atomic mass is 35.5. The minimum atomic E-state index is -0.284. The molecule has 1 aliphatic heterocycles. The minimum Gasteiger partial charge on any atom is -0.507 e. The Balaban J connectivity index is 2.14. The van der Waals surface area contributed by atoms with Crippen LogP contribution in [0.2, 0.25) is 5.02 Å². The summed E-state index contributed by atoms with van der Waals surface area (Å²) in [5.74, 6) is -0.335. The van der Waals surface area contributed by atoms with Crippen LogP contribution in [0, 0.1) is 0 Å². The molecule has 0 bridgehead atoms. The van der Waals surface area contributed by atoms with Crippen molar-refractivity contribution >= 4 is 17.5 Å². The summed E-state index contributed by atoms with van der Waals surface area (Å²) in [6.07, 6.45) is 1.67. The number of amides is 1. The third-order valence-corrected chi connectivity index (χ3v) is 3.96. The fourth-order valence-corrected chi connectivity index (χ4v) is 3.55. The van der Waals surface area contributed by atoms with Crippen molar-refractivity contribution in [2.24, 2.45) is 0 Å². The Bertz CT molecular complexity index is 539. The number of aromatic hydroxyl groups is 1. The summed E-state index contributed by atoms with van der Waals surface area (Å²) in [6.45, 7) is 8.52. The summed E-state index contributed by atoms with van der Waals surface area (Å²) in [6, 6.07) is 4.55. The van der Waals surface area contributed by atoms with Gasteiger partial charge in [0.15, 0.2) is 0 Å². The van der Waals surface area contributed by atoms with Crippen LogP contribution >= 0.6 is 11.6 Å². The Labute approximate surface area is 130 Å². The summed E-state index contributed by atoms with van der Waals surface area (Å²) in [4.78, 5) is 12.4. The van der Waals surface area contributed by atoms with Crippen molar-refractivity contribution in [3.05, 3.63) is 28.8 Å². The second-order valence-corrected chi connectivity index (χ2v) is 7.57. The van der Waals surface area contributed by atoms with Crippen LogP contribution in [0.1, 0.15) is 50.9 Å². The Hall–Kier alpha value is -1.26. The van der Waals surface area contributed by atoms with Crippen molar-refractivity contribution in [3.63, 3.8) is 0 Å². The highest BCUT2D eigenvalue weighted by Gasteiger charge is 2.38. The Morgan fingerprint density at radius 3 is 2.43 bits per heavy atom. The van der Waals surface area contributed by atoms with Crippen molar-refractivity contribution in [2.45, 2.75) is 57.7 Å². The molecule has 1 aromatic rings. The van der Waals surface area contributed by atoms with Gasteiger partial charge in [0, 0.05) is 22.1 Å². The molecule has 116 valence electrons. The predicted octanol–water partition coefficient (Wildman–Crippen LogP) is 3.08. The summed E-state index contributed by atoms with van der Waals surface area (Å²) < 4.78 is 0. The number of benzene rings is 1. The second kappa shape index (κ2) is 5.50. The van der Waals surface area contributed by atoms with Gasteiger partial charge in [0.05, 0.1) is 5.56 Å².